The molecule has 0 radical (unpaired) electrons. The number of aryl methyl sites for hydroxylation is 2. The molecule has 1 heterocycles. The molecular formula is C16H21ClN4O. The van der Waals surface area contributed by atoms with Crippen molar-refractivity contribution in [3.05, 3.63) is 46.7 Å². The molecule has 2 amide bonds. The normalized spacial score (nSPS) is 12.0. The number of amides is 2. The first-order valence-corrected chi connectivity index (χ1v) is 7.63. The Hall–Kier alpha value is -2.01. The van der Waals surface area contributed by atoms with Crippen LogP contribution in [0, 0.1) is 19.8 Å². The molecule has 22 heavy (non-hydrogen) atoms. The third kappa shape index (κ3) is 4.77. The number of rotatable bonds is 5. The molecule has 2 aromatic rings. The lowest BCUT2D eigenvalue weighted by molar-refractivity contribution is 0.249. The first-order valence-electron chi connectivity index (χ1n) is 7.25. The third-order valence-corrected chi connectivity index (χ3v) is 3.52. The molecule has 0 aliphatic heterocycles. The summed E-state index contributed by atoms with van der Waals surface area (Å²) in [4.78, 5) is 11.9. The van der Waals surface area contributed by atoms with Crippen LogP contribution in [0.3, 0.4) is 0 Å². The number of halogens is 1. The van der Waals surface area contributed by atoms with E-state index >= 15 is 0 Å². The number of carbonyl (C=O) groups is 1. The van der Waals surface area contributed by atoms with E-state index in [0.717, 1.165) is 17.9 Å². The zero-order valence-corrected chi connectivity index (χ0v) is 13.8. The molecule has 0 saturated carbocycles. The van der Waals surface area contributed by atoms with E-state index in [2.05, 4.69) is 22.7 Å². The van der Waals surface area contributed by atoms with Crippen LogP contribution in [0.25, 0.3) is 0 Å². The van der Waals surface area contributed by atoms with Gasteiger partial charge in [-0.15, -0.1) is 0 Å². The lowest BCUT2D eigenvalue weighted by Gasteiger charge is -2.14. The van der Waals surface area contributed by atoms with Gasteiger partial charge in [-0.25, -0.2) is 4.79 Å². The first-order chi connectivity index (χ1) is 10.4. The van der Waals surface area contributed by atoms with Crippen LogP contribution < -0.4 is 10.6 Å². The van der Waals surface area contributed by atoms with Crippen molar-refractivity contribution in [1.82, 2.24) is 15.1 Å². The standard InChI is InChI=1S/C16H21ClN4O/c1-11(10-21-13(3)7-12(2)20-21)9-18-16(22)19-15-6-4-5-14(17)8-15/h4-8,11H,9-10H2,1-3H3,(H2,18,19,22). The van der Waals surface area contributed by atoms with Gasteiger partial charge in [0.15, 0.2) is 0 Å². The molecular weight excluding hydrogens is 300 g/mol. The van der Waals surface area contributed by atoms with Crippen LogP contribution in [0.15, 0.2) is 30.3 Å². The van der Waals surface area contributed by atoms with Crippen molar-refractivity contribution in [2.24, 2.45) is 5.92 Å². The third-order valence-electron chi connectivity index (χ3n) is 3.28. The Morgan fingerprint density at radius 2 is 2.14 bits per heavy atom. The number of urea groups is 1. The number of aromatic nitrogens is 2. The Balaban J connectivity index is 1.79. The van der Waals surface area contributed by atoms with Crippen LogP contribution >= 0.6 is 11.6 Å². The van der Waals surface area contributed by atoms with Gasteiger partial charge in [-0.05, 0) is 44.0 Å². The largest absolute Gasteiger partial charge is 0.338 e. The number of benzene rings is 1. The van der Waals surface area contributed by atoms with Gasteiger partial charge in [0.2, 0.25) is 0 Å². The molecule has 0 fully saturated rings. The van der Waals surface area contributed by atoms with Crippen molar-refractivity contribution < 1.29 is 4.79 Å². The van der Waals surface area contributed by atoms with E-state index in [-0.39, 0.29) is 11.9 Å². The summed E-state index contributed by atoms with van der Waals surface area (Å²) in [5.74, 6) is 0.281. The Kier molecular flexibility index (Phi) is 5.44. The molecule has 1 atom stereocenters. The molecule has 1 aromatic heterocycles. The number of hydrogen-bond donors (Lipinski definition) is 2. The van der Waals surface area contributed by atoms with Gasteiger partial charge in [-0.1, -0.05) is 24.6 Å². The van der Waals surface area contributed by atoms with Gasteiger partial charge >= 0.3 is 6.03 Å². The van der Waals surface area contributed by atoms with Gasteiger partial charge < -0.3 is 10.6 Å². The van der Waals surface area contributed by atoms with Crippen LogP contribution in [0.1, 0.15) is 18.3 Å². The maximum Gasteiger partial charge on any atom is 0.319 e. The van der Waals surface area contributed by atoms with E-state index in [4.69, 9.17) is 11.6 Å². The number of carbonyl (C=O) groups excluding carboxylic acids is 1. The van der Waals surface area contributed by atoms with Gasteiger partial charge in [-0.2, -0.15) is 5.10 Å². The molecule has 0 saturated heterocycles. The minimum absolute atomic E-state index is 0.234. The number of hydrogen-bond acceptors (Lipinski definition) is 2. The lowest BCUT2D eigenvalue weighted by atomic mass is 10.2. The SMILES string of the molecule is Cc1cc(C)n(CC(C)CNC(=O)Nc2cccc(Cl)c2)n1. The van der Waals surface area contributed by atoms with E-state index in [1.165, 1.54) is 0 Å². The summed E-state index contributed by atoms with van der Waals surface area (Å²) in [6, 6.07) is 8.88. The van der Waals surface area contributed by atoms with Gasteiger partial charge in [0.05, 0.1) is 5.69 Å². The Morgan fingerprint density at radius 3 is 2.77 bits per heavy atom. The van der Waals surface area contributed by atoms with Crippen LogP contribution in [-0.2, 0) is 6.54 Å². The zero-order chi connectivity index (χ0) is 16.1. The predicted octanol–water partition coefficient (Wildman–Crippen LogP) is 3.61. The van der Waals surface area contributed by atoms with Crippen LogP contribution in [0.2, 0.25) is 5.02 Å². The number of nitrogens with zero attached hydrogens (tertiary/aromatic N) is 2. The monoisotopic (exact) mass is 320 g/mol. The highest BCUT2D eigenvalue weighted by Crippen LogP contribution is 2.14. The molecule has 0 bridgehead atoms. The molecule has 0 aliphatic carbocycles. The van der Waals surface area contributed by atoms with Crippen molar-refractivity contribution in [2.75, 3.05) is 11.9 Å². The molecule has 2 rings (SSSR count). The predicted molar refractivity (Wildman–Crippen MR) is 89.3 cm³/mol. The maximum absolute atomic E-state index is 11.9. The molecule has 6 heteroatoms. The molecule has 5 nitrogen and oxygen atoms in total. The number of anilines is 1. The van der Waals surface area contributed by atoms with E-state index < -0.39 is 0 Å². The molecule has 118 valence electrons. The molecule has 1 unspecified atom stereocenters. The molecule has 0 aliphatic rings. The van der Waals surface area contributed by atoms with Crippen LogP contribution in [0.5, 0.6) is 0 Å². The van der Waals surface area contributed by atoms with E-state index in [0.29, 0.717) is 17.3 Å². The fourth-order valence-electron chi connectivity index (χ4n) is 2.23. The minimum atomic E-state index is -0.234. The highest BCUT2D eigenvalue weighted by Gasteiger charge is 2.09. The lowest BCUT2D eigenvalue weighted by Crippen LogP contribution is -2.33. The Bertz CT molecular complexity index is 653. The summed E-state index contributed by atoms with van der Waals surface area (Å²) in [6.07, 6.45) is 0. The second-order valence-corrected chi connectivity index (χ2v) is 6.00. The van der Waals surface area contributed by atoms with Gasteiger partial charge in [-0.3, -0.25) is 4.68 Å². The summed E-state index contributed by atoms with van der Waals surface area (Å²) in [5.41, 5.74) is 2.82. The van der Waals surface area contributed by atoms with Crippen LogP contribution in [0.4, 0.5) is 10.5 Å². The fraction of sp³-hybridized carbons (Fsp3) is 0.375. The van der Waals surface area contributed by atoms with Gasteiger partial charge in [0, 0.05) is 29.5 Å². The summed E-state index contributed by atoms with van der Waals surface area (Å²) in [6.45, 7) is 7.44. The summed E-state index contributed by atoms with van der Waals surface area (Å²) >= 11 is 5.88. The summed E-state index contributed by atoms with van der Waals surface area (Å²) in [5, 5.41) is 10.6. The highest BCUT2D eigenvalue weighted by atomic mass is 35.5. The quantitative estimate of drug-likeness (QED) is 0.884. The molecule has 1 aromatic carbocycles. The van der Waals surface area contributed by atoms with Crippen molar-refractivity contribution in [3.8, 4) is 0 Å². The topological polar surface area (TPSA) is 59.0 Å². The maximum atomic E-state index is 11.9. The van der Waals surface area contributed by atoms with E-state index in [1.54, 1.807) is 24.3 Å². The fourth-order valence-corrected chi connectivity index (χ4v) is 2.42. The summed E-state index contributed by atoms with van der Waals surface area (Å²) in [7, 11) is 0. The second kappa shape index (κ2) is 7.31. The number of nitrogens with one attached hydrogen (secondary N) is 2. The molecule has 0 spiro atoms. The van der Waals surface area contributed by atoms with E-state index in [9.17, 15) is 4.79 Å². The van der Waals surface area contributed by atoms with Crippen LogP contribution in [-0.4, -0.2) is 22.4 Å². The second-order valence-electron chi connectivity index (χ2n) is 5.56. The first kappa shape index (κ1) is 16.4. The van der Waals surface area contributed by atoms with E-state index in [1.807, 2.05) is 24.6 Å². The Labute approximate surface area is 135 Å². The minimum Gasteiger partial charge on any atom is -0.338 e. The molecule has 2 N–H and O–H groups in total. The average Bonchev–Trinajstić information content (AvgIpc) is 2.74. The smallest absolute Gasteiger partial charge is 0.319 e. The highest BCUT2D eigenvalue weighted by molar-refractivity contribution is 6.30. The Morgan fingerprint density at radius 1 is 1.36 bits per heavy atom. The van der Waals surface area contributed by atoms with Crippen molar-refractivity contribution >= 4 is 23.3 Å². The van der Waals surface area contributed by atoms with Gasteiger partial charge in [0.1, 0.15) is 0 Å². The van der Waals surface area contributed by atoms with Gasteiger partial charge in [0.25, 0.3) is 0 Å². The van der Waals surface area contributed by atoms with Crippen molar-refractivity contribution in [1.29, 1.82) is 0 Å². The van der Waals surface area contributed by atoms with Crippen molar-refractivity contribution in [2.45, 2.75) is 27.3 Å². The zero-order valence-electron chi connectivity index (χ0n) is 13.1. The van der Waals surface area contributed by atoms with Crippen molar-refractivity contribution in [3.63, 3.8) is 0 Å². The average molecular weight is 321 g/mol. The summed E-state index contributed by atoms with van der Waals surface area (Å²) < 4.78 is 1.97.